The average Bonchev–Trinajstić information content (AvgIpc) is 2.30. The lowest BCUT2D eigenvalue weighted by molar-refractivity contribution is 0.0499. The zero-order chi connectivity index (χ0) is 9.84. The molecule has 3 N–H and O–H groups in total. The highest BCUT2D eigenvalue weighted by molar-refractivity contribution is 5.70. The van der Waals surface area contributed by atoms with Gasteiger partial charge < -0.3 is 5.73 Å². The summed E-state index contributed by atoms with van der Waals surface area (Å²) < 4.78 is 1.73. The molecular weight excluding hydrogens is 172 g/mol. The summed E-state index contributed by atoms with van der Waals surface area (Å²) in [6.45, 7) is 2.14. The van der Waals surface area contributed by atoms with Crippen molar-refractivity contribution in [2.75, 3.05) is 0 Å². The Hall–Kier alpha value is -1.56. The molecule has 0 unspecified atom stereocenters. The summed E-state index contributed by atoms with van der Waals surface area (Å²) in [4.78, 5) is 15.0. The van der Waals surface area contributed by atoms with Gasteiger partial charge in [-0.1, -0.05) is 0 Å². The van der Waals surface area contributed by atoms with Gasteiger partial charge in [0.05, 0.1) is 5.69 Å². The molecule has 0 aliphatic carbocycles. The number of aromatic nitrogens is 2. The second-order valence-electron chi connectivity index (χ2n) is 2.66. The molecule has 6 heteroatoms. The Kier molecular flexibility index (Phi) is 2.86. The van der Waals surface area contributed by atoms with Crippen molar-refractivity contribution in [3.8, 4) is 0 Å². The molecule has 1 rings (SSSR count). The van der Waals surface area contributed by atoms with E-state index in [9.17, 15) is 4.79 Å². The number of nitrogens with two attached hydrogens (primary N) is 1. The number of hydrogen-bond acceptors (Lipinski definition) is 3. The van der Waals surface area contributed by atoms with Gasteiger partial charge in [-0.05, 0) is 13.0 Å². The van der Waals surface area contributed by atoms with Crippen LogP contribution in [0.5, 0.6) is 0 Å². The number of amides is 2. The first-order valence-corrected chi connectivity index (χ1v) is 3.76. The number of nitrogens with zero attached hydrogens (tertiary/aromatic N) is 2. The minimum atomic E-state index is -0.715. The Balaban J connectivity index is 2.41. The first-order chi connectivity index (χ1) is 6.09. The Labute approximate surface area is 75.6 Å². The molecular formula is C7H12N4O2. The number of carbonyl (C=O) groups excluding carboxylic acids is 1. The fourth-order valence-corrected chi connectivity index (χ4v) is 0.887. The maximum atomic E-state index is 10.2. The topological polar surface area (TPSA) is 82.2 Å². The molecule has 0 fully saturated rings. The molecule has 6 nitrogen and oxygen atoms in total. The monoisotopic (exact) mass is 184 g/mol. The Bertz CT molecular complexity index is 288. The largest absolute Gasteiger partial charge is 0.350 e. The first kappa shape index (κ1) is 9.53. The SMILES string of the molecule is Cc1cc(CONC(N)=O)nn1C. The maximum absolute atomic E-state index is 10.2. The number of urea groups is 1. The van der Waals surface area contributed by atoms with Gasteiger partial charge in [0, 0.05) is 12.7 Å². The Morgan fingerprint density at radius 2 is 2.54 bits per heavy atom. The summed E-state index contributed by atoms with van der Waals surface area (Å²) in [6, 6.07) is 1.15. The van der Waals surface area contributed by atoms with Crippen LogP contribution in [0.1, 0.15) is 11.4 Å². The molecule has 0 saturated heterocycles. The van der Waals surface area contributed by atoms with Gasteiger partial charge in [0.15, 0.2) is 0 Å². The molecule has 0 radical (unpaired) electrons. The summed E-state index contributed by atoms with van der Waals surface area (Å²) in [5, 5.41) is 4.11. The van der Waals surface area contributed by atoms with Crippen LogP contribution in [0.4, 0.5) is 4.79 Å². The van der Waals surface area contributed by atoms with E-state index in [-0.39, 0.29) is 6.61 Å². The van der Waals surface area contributed by atoms with E-state index in [4.69, 9.17) is 10.6 Å². The van der Waals surface area contributed by atoms with Crippen LogP contribution in [-0.2, 0) is 18.5 Å². The molecule has 0 aromatic carbocycles. The fraction of sp³-hybridized carbons (Fsp3) is 0.429. The fourth-order valence-electron chi connectivity index (χ4n) is 0.887. The zero-order valence-corrected chi connectivity index (χ0v) is 7.57. The highest BCUT2D eigenvalue weighted by Gasteiger charge is 2.01. The van der Waals surface area contributed by atoms with Gasteiger partial charge in [-0.15, -0.1) is 0 Å². The van der Waals surface area contributed by atoms with Gasteiger partial charge in [-0.2, -0.15) is 5.10 Å². The van der Waals surface area contributed by atoms with Crippen molar-refractivity contribution in [1.82, 2.24) is 15.3 Å². The molecule has 1 aromatic rings. The molecule has 1 heterocycles. The highest BCUT2D eigenvalue weighted by Crippen LogP contribution is 2.01. The van der Waals surface area contributed by atoms with E-state index in [1.54, 1.807) is 4.68 Å². The van der Waals surface area contributed by atoms with Crippen molar-refractivity contribution < 1.29 is 9.63 Å². The average molecular weight is 184 g/mol. The number of hydrogen-bond donors (Lipinski definition) is 2. The van der Waals surface area contributed by atoms with Crippen LogP contribution in [0, 0.1) is 6.92 Å². The first-order valence-electron chi connectivity index (χ1n) is 3.76. The lowest BCUT2D eigenvalue weighted by Gasteiger charge is -1.98. The van der Waals surface area contributed by atoms with Gasteiger partial charge in [0.2, 0.25) is 0 Å². The molecule has 0 aliphatic rings. The van der Waals surface area contributed by atoms with E-state index < -0.39 is 6.03 Å². The lowest BCUT2D eigenvalue weighted by atomic mass is 10.4. The van der Waals surface area contributed by atoms with Crippen molar-refractivity contribution in [1.29, 1.82) is 0 Å². The van der Waals surface area contributed by atoms with Crippen molar-refractivity contribution in [2.24, 2.45) is 12.8 Å². The second-order valence-corrected chi connectivity index (χ2v) is 2.66. The predicted molar refractivity (Wildman–Crippen MR) is 45.5 cm³/mol. The minimum Gasteiger partial charge on any atom is -0.350 e. The van der Waals surface area contributed by atoms with Gasteiger partial charge >= 0.3 is 6.03 Å². The predicted octanol–water partition coefficient (Wildman–Crippen LogP) is -0.172. The van der Waals surface area contributed by atoms with Crippen LogP contribution in [0.25, 0.3) is 0 Å². The van der Waals surface area contributed by atoms with Crippen molar-refractivity contribution in [2.45, 2.75) is 13.5 Å². The molecule has 72 valence electrons. The number of rotatable bonds is 3. The van der Waals surface area contributed by atoms with Crippen LogP contribution >= 0.6 is 0 Å². The van der Waals surface area contributed by atoms with Crippen LogP contribution in [0.2, 0.25) is 0 Å². The number of carbonyl (C=O) groups is 1. The van der Waals surface area contributed by atoms with Crippen molar-refractivity contribution >= 4 is 6.03 Å². The zero-order valence-electron chi connectivity index (χ0n) is 7.57. The van der Waals surface area contributed by atoms with Crippen LogP contribution < -0.4 is 11.2 Å². The molecule has 0 atom stereocenters. The number of nitrogens with one attached hydrogen (secondary N) is 1. The minimum absolute atomic E-state index is 0.213. The second kappa shape index (κ2) is 3.90. The van der Waals surface area contributed by atoms with Gasteiger partial charge in [-0.25, -0.2) is 10.3 Å². The van der Waals surface area contributed by atoms with E-state index in [1.807, 2.05) is 25.5 Å². The van der Waals surface area contributed by atoms with E-state index in [0.717, 1.165) is 11.4 Å². The van der Waals surface area contributed by atoms with Crippen molar-refractivity contribution in [3.63, 3.8) is 0 Å². The van der Waals surface area contributed by atoms with Crippen LogP contribution in [0.3, 0.4) is 0 Å². The van der Waals surface area contributed by atoms with Crippen LogP contribution in [0.15, 0.2) is 6.07 Å². The van der Waals surface area contributed by atoms with Gasteiger partial charge in [0.1, 0.15) is 6.61 Å². The third-order valence-corrected chi connectivity index (χ3v) is 1.56. The number of hydroxylamine groups is 1. The third kappa shape index (κ3) is 2.75. The summed E-state index contributed by atoms with van der Waals surface area (Å²) >= 11 is 0. The van der Waals surface area contributed by atoms with Gasteiger partial charge in [0.25, 0.3) is 0 Å². The third-order valence-electron chi connectivity index (χ3n) is 1.56. The number of primary amides is 1. The van der Waals surface area contributed by atoms with E-state index in [2.05, 4.69) is 5.10 Å². The highest BCUT2D eigenvalue weighted by atomic mass is 16.7. The molecule has 0 bridgehead atoms. The summed E-state index contributed by atoms with van der Waals surface area (Å²) in [5.41, 5.74) is 8.57. The lowest BCUT2D eigenvalue weighted by Crippen LogP contribution is -2.29. The smallest absolute Gasteiger partial charge is 0.336 e. The quantitative estimate of drug-likeness (QED) is 0.640. The van der Waals surface area contributed by atoms with E-state index in [0.29, 0.717) is 0 Å². The van der Waals surface area contributed by atoms with E-state index >= 15 is 0 Å². The summed E-state index contributed by atoms with van der Waals surface area (Å²) in [6.07, 6.45) is 0. The standard InChI is InChI=1S/C7H12N4O2/c1-5-3-6(9-11(5)2)4-13-10-7(8)12/h3H,4H2,1-2H3,(H3,8,10,12). The van der Waals surface area contributed by atoms with E-state index in [1.165, 1.54) is 0 Å². The Morgan fingerprint density at radius 1 is 1.85 bits per heavy atom. The Morgan fingerprint density at radius 3 is 3.00 bits per heavy atom. The molecule has 1 aromatic heterocycles. The molecule has 0 spiro atoms. The normalized spacial score (nSPS) is 10.0. The molecule has 2 amide bonds. The maximum Gasteiger partial charge on any atom is 0.336 e. The molecule has 0 saturated carbocycles. The molecule has 0 aliphatic heterocycles. The van der Waals surface area contributed by atoms with Crippen LogP contribution in [-0.4, -0.2) is 15.8 Å². The summed E-state index contributed by atoms with van der Waals surface area (Å²) in [7, 11) is 1.83. The molecule has 13 heavy (non-hydrogen) atoms. The number of aryl methyl sites for hydroxylation is 2. The van der Waals surface area contributed by atoms with Gasteiger partial charge in [-0.3, -0.25) is 9.52 Å². The summed E-state index contributed by atoms with van der Waals surface area (Å²) in [5.74, 6) is 0. The van der Waals surface area contributed by atoms with Crippen molar-refractivity contribution in [3.05, 3.63) is 17.5 Å².